The van der Waals surface area contributed by atoms with Crippen molar-refractivity contribution in [2.45, 2.75) is 32.2 Å². The van der Waals surface area contributed by atoms with Gasteiger partial charge in [0.25, 0.3) is 0 Å². The Morgan fingerprint density at radius 2 is 2.31 bits per heavy atom. The molecule has 96 valence electrons. The molecule has 16 heavy (non-hydrogen) atoms. The first-order valence-corrected chi connectivity index (χ1v) is 5.79. The van der Waals surface area contributed by atoms with Crippen LogP contribution in [0.4, 0.5) is 0 Å². The lowest BCUT2D eigenvalue weighted by Gasteiger charge is -2.23. The van der Waals surface area contributed by atoms with Gasteiger partial charge < -0.3 is 15.0 Å². The van der Waals surface area contributed by atoms with Crippen molar-refractivity contribution in [2.75, 3.05) is 33.4 Å². The lowest BCUT2D eigenvalue weighted by molar-refractivity contribution is -0.132. The lowest BCUT2D eigenvalue weighted by atomic mass is 10.2. The highest BCUT2D eigenvalue weighted by Crippen LogP contribution is 2.08. The smallest absolute Gasteiger partial charge is 0.222 e. The van der Waals surface area contributed by atoms with E-state index < -0.39 is 0 Å². The van der Waals surface area contributed by atoms with E-state index in [9.17, 15) is 4.79 Å². The highest BCUT2D eigenvalue weighted by atomic mass is 35.5. The van der Waals surface area contributed by atoms with Crippen molar-refractivity contribution in [3.63, 3.8) is 0 Å². The highest BCUT2D eigenvalue weighted by molar-refractivity contribution is 5.85. The standard InChI is InChI=1S/C11H22N2O2.ClH/c1-3-15-8-4-5-11(14)13(2)10-6-7-12-9-10;/h10,12H,3-9H2,1-2H3;1H. The summed E-state index contributed by atoms with van der Waals surface area (Å²) in [6.07, 6.45) is 2.51. The number of nitrogens with one attached hydrogen (secondary N) is 1. The molecule has 1 aliphatic rings. The number of carbonyl (C=O) groups is 1. The molecule has 1 unspecified atom stereocenters. The molecule has 0 saturated carbocycles. The van der Waals surface area contributed by atoms with Crippen LogP contribution in [-0.2, 0) is 9.53 Å². The fourth-order valence-corrected chi connectivity index (χ4v) is 1.82. The molecule has 1 fully saturated rings. The molecular formula is C11H23ClN2O2. The molecule has 4 nitrogen and oxygen atoms in total. The average molecular weight is 251 g/mol. The third-order valence-corrected chi connectivity index (χ3v) is 2.86. The second-order valence-electron chi connectivity index (χ2n) is 3.95. The van der Waals surface area contributed by atoms with Gasteiger partial charge in [0.2, 0.25) is 5.91 Å². The highest BCUT2D eigenvalue weighted by Gasteiger charge is 2.22. The predicted octanol–water partition coefficient (Wildman–Crippen LogP) is 1.05. The molecule has 5 heteroatoms. The van der Waals surface area contributed by atoms with Gasteiger partial charge in [-0.3, -0.25) is 4.79 Å². The number of halogens is 1. The monoisotopic (exact) mass is 250 g/mol. The van der Waals surface area contributed by atoms with Crippen LogP contribution in [0.15, 0.2) is 0 Å². The molecule has 1 heterocycles. The van der Waals surface area contributed by atoms with Gasteiger partial charge in [-0.25, -0.2) is 0 Å². The van der Waals surface area contributed by atoms with Crippen molar-refractivity contribution in [1.82, 2.24) is 10.2 Å². The predicted molar refractivity (Wildman–Crippen MR) is 67.0 cm³/mol. The minimum Gasteiger partial charge on any atom is -0.382 e. The second kappa shape index (κ2) is 8.79. The summed E-state index contributed by atoms with van der Waals surface area (Å²) < 4.78 is 5.21. The molecule has 1 N–H and O–H groups in total. The van der Waals surface area contributed by atoms with Gasteiger partial charge in [-0.05, 0) is 26.3 Å². The SMILES string of the molecule is CCOCCCC(=O)N(C)C1CCNC1.Cl. The van der Waals surface area contributed by atoms with E-state index in [1.165, 1.54) is 0 Å². The fraction of sp³-hybridized carbons (Fsp3) is 0.909. The van der Waals surface area contributed by atoms with Gasteiger partial charge in [-0.15, -0.1) is 12.4 Å². The van der Waals surface area contributed by atoms with E-state index >= 15 is 0 Å². The molecule has 0 aromatic carbocycles. The maximum absolute atomic E-state index is 11.7. The van der Waals surface area contributed by atoms with Gasteiger partial charge in [0.15, 0.2) is 0 Å². The number of likely N-dealkylation sites (N-methyl/N-ethyl adjacent to an activating group) is 1. The van der Waals surface area contributed by atoms with E-state index in [1.54, 1.807) is 0 Å². The summed E-state index contributed by atoms with van der Waals surface area (Å²) >= 11 is 0. The quantitative estimate of drug-likeness (QED) is 0.717. The van der Waals surface area contributed by atoms with Crippen LogP contribution in [0.25, 0.3) is 0 Å². The molecule has 0 radical (unpaired) electrons. The van der Waals surface area contributed by atoms with Gasteiger partial charge in [0.05, 0.1) is 0 Å². The van der Waals surface area contributed by atoms with Crippen molar-refractivity contribution in [1.29, 1.82) is 0 Å². The number of ether oxygens (including phenoxy) is 1. The van der Waals surface area contributed by atoms with Crippen LogP contribution in [-0.4, -0.2) is 50.2 Å². The van der Waals surface area contributed by atoms with Gasteiger partial charge in [-0.2, -0.15) is 0 Å². The van der Waals surface area contributed by atoms with Crippen LogP contribution in [0.3, 0.4) is 0 Å². The van der Waals surface area contributed by atoms with E-state index in [4.69, 9.17) is 4.74 Å². The van der Waals surface area contributed by atoms with E-state index in [1.807, 2.05) is 18.9 Å². The molecule has 1 aliphatic heterocycles. The Bertz CT molecular complexity index is 196. The van der Waals surface area contributed by atoms with Crippen LogP contribution in [0, 0.1) is 0 Å². The summed E-state index contributed by atoms with van der Waals surface area (Å²) in [5.74, 6) is 0.239. The Labute approximate surface area is 104 Å². The van der Waals surface area contributed by atoms with Gasteiger partial charge >= 0.3 is 0 Å². The molecular weight excluding hydrogens is 228 g/mol. The Morgan fingerprint density at radius 3 is 2.88 bits per heavy atom. The van der Waals surface area contributed by atoms with Crippen LogP contribution >= 0.6 is 12.4 Å². The molecule has 1 atom stereocenters. The number of carbonyl (C=O) groups excluding carboxylic acids is 1. The van der Waals surface area contributed by atoms with E-state index in [0.29, 0.717) is 19.1 Å². The molecule has 1 saturated heterocycles. The zero-order chi connectivity index (χ0) is 11.1. The molecule has 1 rings (SSSR count). The van der Waals surface area contributed by atoms with Crippen LogP contribution in [0.1, 0.15) is 26.2 Å². The van der Waals surface area contributed by atoms with Crippen molar-refractivity contribution in [2.24, 2.45) is 0 Å². The van der Waals surface area contributed by atoms with Gasteiger partial charge in [0.1, 0.15) is 0 Å². The second-order valence-corrected chi connectivity index (χ2v) is 3.95. The zero-order valence-corrected chi connectivity index (χ0v) is 11.0. The number of rotatable bonds is 6. The molecule has 0 aromatic rings. The third-order valence-electron chi connectivity index (χ3n) is 2.86. The number of nitrogens with zero attached hydrogens (tertiary/aromatic N) is 1. The maximum Gasteiger partial charge on any atom is 0.222 e. The van der Waals surface area contributed by atoms with Crippen molar-refractivity contribution < 1.29 is 9.53 Å². The Kier molecular flexibility index (Phi) is 8.61. The van der Waals surface area contributed by atoms with E-state index in [0.717, 1.165) is 32.5 Å². The molecule has 0 aliphatic carbocycles. The van der Waals surface area contributed by atoms with Crippen LogP contribution in [0.2, 0.25) is 0 Å². The summed E-state index contributed by atoms with van der Waals surface area (Å²) in [5.41, 5.74) is 0. The number of amides is 1. The first-order valence-electron chi connectivity index (χ1n) is 5.79. The zero-order valence-electron chi connectivity index (χ0n) is 10.2. The van der Waals surface area contributed by atoms with Crippen molar-refractivity contribution in [3.8, 4) is 0 Å². The first-order chi connectivity index (χ1) is 7.25. The van der Waals surface area contributed by atoms with Gasteiger partial charge in [0, 0.05) is 39.3 Å². The molecule has 1 amide bonds. The van der Waals surface area contributed by atoms with Crippen molar-refractivity contribution in [3.05, 3.63) is 0 Å². The van der Waals surface area contributed by atoms with E-state index in [2.05, 4.69) is 5.32 Å². The fourth-order valence-electron chi connectivity index (χ4n) is 1.82. The Morgan fingerprint density at radius 1 is 1.56 bits per heavy atom. The summed E-state index contributed by atoms with van der Waals surface area (Å²) in [7, 11) is 1.90. The topological polar surface area (TPSA) is 41.6 Å². The summed E-state index contributed by atoms with van der Waals surface area (Å²) in [6, 6.07) is 0.393. The Hall–Kier alpha value is -0.320. The Balaban J connectivity index is 0.00000225. The first kappa shape index (κ1) is 15.7. The van der Waals surface area contributed by atoms with Crippen LogP contribution in [0.5, 0.6) is 0 Å². The minimum absolute atomic E-state index is 0. The minimum atomic E-state index is 0. The van der Waals surface area contributed by atoms with Crippen LogP contribution < -0.4 is 5.32 Å². The summed E-state index contributed by atoms with van der Waals surface area (Å²) in [5, 5.41) is 3.27. The van der Waals surface area contributed by atoms with Crippen molar-refractivity contribution >= 4 is 18.3 Å². The summed E-state index contributed by atoms with van der Waals surface area (Å²) in [4.78, 5) is 13.6. The normalized spacial score (nSPS) is 19.2. The maximum atomic E-state index is 11.7. The summed E-state index contributed by atoms with van der Waals surface area (Å²) in [6.45, 7) is 5.36. The largest absolute Gasteiger partial charge is 0.382 e. The molecule has 0 aromatic heterocycles. The third kappa shape index (κ3) is 5.14. The van der Waals surface area contributed by atoms with Gasteiger partial charge in [-0.1, -0.05) is 0 Å². The number of hydrogen-bond acceptors (Lipinski definition) is 3. The van der Waals surface area contributed by atoms with E-state index in [-0.39, 0.29) is 18.3 Å². The molecule has 0 bridgehead atoms. The average Bonchev–Trinajstić information content (AvgIpc) is 2.76. The molecule has 0 spiro atoms. The number of hydrogen-bond donors (Lipinski definition) is 1. The lowest BCUT2D eigenvalue weighted by Crippen LogP contribution is -2.38.